The molecule has 4 nitrogen and oxygen atoms in total. The molecule has 0 saturated carbocycles. The van der Waals surface area contributed by atoms with E-state index in [0.717, 1.165) is 23.3 Å². The minimum absolute atomic E-state index is 0.132. The highest BCUT2D eigenvalue weighted by Crippen LogP contribution is 2.40. The number of benzene rings is 2. The number of carbonyl (C=O) groups excluding carboxylic acids is 1. The molecule has 2 atom stereocenters. The van der Waals surface area contributed by atoms with Crippen LogP contribution < -0.4 is 4.74 Å². The highest BCUT2D eigenvalue weighted by atomic mass is 32.2. The van der Waals surface area contributed by atoms with Crippen molar-refractivity contribution in [3.05, 3.63) is 65.7 Å². The Balaban J connectivity index is 1.38. The zero-order valence-corrected chi connectivity index (χ0v) is 16.7. The molecule has 5 heteroatoms. The second kappa shape index (κ2) is 8.08. The second-order valence-corrected chi connectivity index (χ2v) is 10.5. The van der Waals surface area contributed by atoms with Gasteiger partial charge in [-0.3, -0.25) is 4.79 Å². The smallest absolute Gasteiger partial charge is 0.156 e. The van der Waals surface area contributed by atoms with Gasteiger partial charge in [0.2, 0.25) is 0 Å². The van der Waals surface area contributed by atoms with E-state index in [-0.39, 0.29) is 22.2 Å². The Labute approximate surface area is 166 Å². The Hall–Kier alpha value is -2.14. The Morgan fingerprint density at radius 2 is 1.61 bits per heavy atom. The zero-order valence-electron chi connectivity index (χ0n) is 15.9. The van der Waals surface area contributed by atoms with Crippen LogP contribution >= 0.6 is 0 Å². The van der Waals surface area contributed by atoms with Crippen molar-refractivity contribution in [1.29, 1.82) is 0 Å². The molecule has 0 amide bonds. The van der Waals surface area contributed by atoms with E-state index < -0.39 is 9.84 Å². The van der Waals surface area contributed by atoms with Crippen molar-refractivity contribution in [3.63, 3.8) is 0 Å². The van der Waals surface area contributed by atoms with E-state index in [2.05, 4.69) is 0 Å². The number of carbonyl (C=O) groups is 1. The average Bonchev–Trinajstić information content (AvgIpc) is 2.66. The van der Waals surface area contributed by atoms with E-state index in [4.69, 9.17) is 4.74 Å². The quantitative estimate of drug-likeness (QED) is 0.734. The third-order valence-corrected chi connectivity index (χ3v) is 8.77. The summed E-state index contributed by atoms with van der Waals surface area (Å²) in [5.41, 5.74) is 2.02. The van der Waals surface area contributed by atoms with E-state index in [0.29, 0.717) is 38.7 Å². The lowest BCUT2D eigenvalue weighted by molar-refractivity contribution is -0.122. The molecular weight excluding hydrogens is 372 g/mol. The fourth-order valence-corrected chi connectivity index (χ4v) is 7.04. The summed E-state index contributed by atoms with van der Waals surface area (Å²) >= 11 is 0. The maximum atomic E-state index is 12.9. The minimum atomic E-state index is -3.02. The summed E-state index contributed by atoms with van der Waals surface area (Å²) in [4.78, 5) is 12.9. The Morgan fingerprint density at radius 1 is 0.929 bits per heavy atom. The molecule has 0 aromatic heterocycles. The van der Waals surface area contributed by atoms with Gasteiger partial charge in [0.05, 0.1) is 10.5 Å². The van der Waals surface area contributed by atoms with Gasteiger partial charge in [0.1, 0.15) is 18.1 Å². The van der Waals surface area contributed by atoms with E-state index >= 15 is 0 Å². The Bertz CT molecular complexity index is 916. The van der Waals surface area contributed by atoms with Crippen LogP contribution in [0.1, 0.15) is 43.2 Å². The molecule has 2 aliphatic rings. The molecule has 28 heavy (non-hydrogen) atoms. The third kappa shape index (κ3) is 4.14. The summed E-state index contributed by atoms with van der Waals surface area (Å²) in [5, 5.41) is -0.621. The SMILES string of the molecule is O=C(Cc1cccc(OCc2ccccc2)c1)C1CC2CCCC(C1)S2(=O)=O. The van der Waals surface area contributed by atoms with Crippen LogP contribution in [0.5, 0.6) is 5.75 Å². The highest BCUT2D eigenvalue weighted by molar-refractivity contribution is 7.92. The molecule has 0 spiro atoms. The van der Waals surface area contributed by atoms with E-state index in [1.54, 1.807) is 0 Å². The van der Waals surface area contributed by atoms with Crippen molar-refractivity contribution < 1.29 is 17.9 Å². The van der Waals surface area contributed by atoms with Crippen LogP contribution in [0, 0.1) is 5.92 Å². The van der Waals surface area contributed by atoms with Crippen molar-refractivity contribution >= 4 is 15.6 Å². The first-order valence-corrected chi connectivity index (χ1v) is 11.6. The van der Waals surface area contributed by atoms with Gasteiger partial charge in [0.15, 0.2) is 9.84 Å². The summed E-state index contributed by atoms with van der Waals surface area (Å²) in [6, 6.07) is 17.6. The fraction of sp³-hybridized carbons (Fsp3) is 0.435. The average molecular weight is 399 g/mol. The molecule has 2 heterocycles. The van der Waals surface area contributed by atoms with Crippen LogP contribution in [0.3, 0.4) is 0 Å². The molecule has 2 unspecified atom stereocenters. The molecule has 2 fully saturated rings. The maximum absolute atomic E-state index is 12.9. The number of hydrogen-bond donors (Lipinski definition) is 0. The van der Waals surface area contributed by atoms with Crippen LogP contribution in [-0.2, 0) is 27.7 Å². The molecule has 2 aromatic rings. The minimum Gasteiger partial charge on any atom is -0.489 e. The van der Waals surface area contributed by atoms with E-state index in [1.165, 1.54) is 0 Å². The van der Waals surface area contributed by atoms with Crippen molar-refractivity contribution in [2.75, 3.05) is 0 Å². The molecule has 2 bridgehead atoms. The largest absolute Gasteiger partial charge is 0.489 e. The van der Waals surface area contributed by atoms with Crippen LogP contribution in [0.2, 0.25) is 0 Å². The molecule has 0 radical (unpaired) electrons. The van der Waals surface area contributed by atoms with Gasteiger partial charge in [-0.25, -0.2) is 8.42 Å². The van der Waals surface area contributed by atoms with Gasteiger partial charge in [0, 0.05) is 12.3 Å². The van der Waals surface area contributed by atoms with Crippen LogP contribution in [0.15, 0.2) is 54.6 Å². The topological polar surface area (TPSA) is 60.4 Å². The monoisotopic (exact) mass is 398 g/mol. The lowest BCUT2D eigenvalue weighted by Crippen LogP contribution is -2.45. The van der Waals surface area contributed by atoms with Crippen molar-refractivity contribution in [2.45, 2.75) is 55.6 Å². The summed E-state index contributed by atoms with van der Waals surface area (Å²) < 4.78 is 30.7. The number of ether oxygens (including phenoxy) is 1. The predicted octanol–water partition coefficient (Wildman–Crippen LogP) is 4.12. The molecule has 4 rings (SSSR count). The van der Waals surface area contributed by atoms with Crippen molar-refractivity contribution in [1.82, 2.24) is 0 Å². The normalized spacial score (nSPS) is 25.8. The Morgan fingerprint density at radius 3 is 2.32 bits per heavy atom. The third-order valence-electron chi connectivity index (χ3n) is 6.06. The number of rotatable bonds is 6. The van der Waals surface area contributed by atoms with Gasteiger partial charge < -0.3 is 4.74 Å². The van der Waals surface area contributed by atoms with Gasteiger partial charge >= 0.3 is 0 Å². The summed E-state index contributed by atoms with van der Waals surface area (Å²) in [6.07, 6.45) is 3.74. The summed E-state index contributed by atoms with van der Waals surface area (Å²) in [6.45, 7) is 0.488. The number of ketones is 1. The summed E-state index contributed by atoms with van der Waals surface area (Å²) in [5.74, 6) is 0.775. The molecular formula is C23H26O4S. The molecule has 0 N–H and O–H groups in total. The number of sulfone groups is 1. The highest BCUT2D eigenvalue weighted by Gasteiger charge is 2.45. The number of Topliss-reactive ketones (excluding diaryl/α,β-unsaturated/α-hetero) is 1. The molecule has 2 aromatic carbocycles. The first-order valence-electron chi connectivity index (χ1n) is 10.0. The Kier molecular flexibility index (Phi) is 5.54. The van der Waals surface area contributed by atoms with Crippen molar-refractivity contribution in [2.24, 2.45) is 5.92 Å². The lowest BCUT2D eigenvalue weighted by Gasteiger charge is -2.38. The van der Waals surface area contributed by atoms with Crippen LogP contribution in [0.4, 0.5) is 0 Å². The maximum Gasteiger partial charge on any atom is 0.156 e. The standard InChI is InChI=1S/C23H26O4S/c24-23(19-14-21-10-5-11-22(15-19)28(21,25)26)13-18-8-4-9-20(12-18)27-16-17-6-2-1-3-7-17/h1-4,6-9,12,19,21-22H,5,10-11,13-16H2. The fourth-order valence-electron chi connectivity index (χ4n) is 4.50. The second-order valence-electron chi connectivity index (χ2n) is 8.00. The van der Waals surface area contributed by atoms with Gasteiger partial charge in [-0.2, -0.15) is 0 Å². The van der Waals surface area contributed by atoms with Crippen LogP contribution in [-0.4, -0.2) is 24.7 Å². The molecule has 0 aliphatic carbocycles. The van der Waals surface area contributed by atoms with E-state index in [9.17, 15) is 13.2 Å². The first-order chi connectivity index (χ1) is 13.5. The number of fused-ring (bicyclic) bond motifs is 2. The van der Waals surface area contributed by atoms with E-state index in [1.807, 2.05) is 54.6 Å². The molecule has 2 aliphatic heterocycles. The number of hydrogen-bond acceptors (Lipinski definition) is 4. The van der Waals surface area contributed by atoms with Crippen LogP contribution in [0.25, 0.3) is 0 Å². The van der Waals surface area contributed by atoms with Gasteiger partial charge in [-0.15, -0.1) is 0 Å². The zero-order chi connectivity index (χ0) is 19.6. The van der Waals surface area contributed by atoms with Gasteiger partial charge in [-0.05, 0) is 48.9 Å². The lowest BCUT2D eigenvalue weighted by atomic mass is 9.85. The molecule has 148 valence electrons. The van der Waals surface area contributed by atoms with Crippen molar-refractivity contribution in [3.8, 4) is 5.75 Å². The van der Waals surface area contributed by atoms with Gasteiger partial charge in [-0.1, -0.05) is 48.9 Å². The first kappa shape index (κ1) is 19.2. The summed E-state index contributed by atoms with van der Waals surface area (Å²) in [7, 11) is -3.02. The predicted molar refractivity (Wildman–Crippen MR) is 109 cm³/mol. The van der Waals surface area contributed by atoms with Gasteiger partial charge in [0.25, 0.3) is 0 Å². The molecule has 2 saturated heterocycles.